The fraction of sp³-hybridized carbons (Fsp3) is 0.636. The number of likely N-dealkylation sites (N-methyl/N-ethyl adjacent to an activating group) is 1. The Kier molecular flexibility index (Phi) is 7.45. The maximum Gasteiger partial charge on any atom is 0.262 e. The van der Waals surface area contributed by atoms with Crippen molar-refractivity contribution in [1.29, 1.82) is 5.26 Å². The monoisotopic (exact) mass is 386 g/mol. The summed E-state index contributed by atoms with van der Waals surface area (Å²) < 4.78 is 7.45. The van der Waals surface area contributed by atoms with Crippen molar-refractivity contribution in [2.75, 3.05) is 34.4 Å². The minimum absolute atomic E-state index is 0.00163. The highest BCUT2D eigenvalue weighted by Gasteiger charge is 2.36. The highest BCUT2D eigenvalue weighted by molar-refractivity contribution is 6.01. The van der Waals surface area contributed by atoms with E-state index in [1.165, 1.54) is 12.8 Å². The highest BCUT2D eigenvalue weighted by Crippen LogP contribution is 2.33. The molecule has 1 aliphatic rings. The van der Waals surface area contributed by atoms with Gasteiger partial charge in [0, 0.05) is 30.6 Å². The first-order chi connectivity index (χ1) is 13.3. The summed E-state index contributed by atoms with van der Waals surface area (Å²) in [6, 6.07) is 4.29. The molecule has 28 heavy (non-hydrogen) atoms. The zero-order valence-corrected chi connectivity index (χ0v) is 18.1. The van der Waals surface area contributed by atoms with Crippen molar-refractivity contribution in [3.63, 3.8) is 0 Å². The summed E-state index contributed by atoms with van der Waals surface area (Å²) in [4.78, 5) is 14.9. The van der Waals surface area contributed by atoms with Crippen LogP contribution in [0.2, 0.25) is 0 Å². The Hall–Kier alpha value is -2.10. The van der Waals surface area contributed by atoms with Crippen LogP contribution in [0.25, 0.3) is 6.08 Å². The van der Waals surface area contributed by atoms with Gasteiger partial charge in [0.2, 0.25) is 0 Å². The second kappa shape index (κ2) is 9.40. The van der Waals surface area contributed by atoms with E-state index < -0.39 is 0 Å². The van der Waals surface area contributed by atoms with Gasteiger partial charge in [0.05, 0.1) is 12.6 Å². The highest BCUT2D eigenvalue weighted by atomic mass is 16.5. The first-order valence-corrected chi connectivity index (χ1v) is 10.0. The molecule has 1 saturated carbocycles. The minimum atomic E-state index is -0.301. The normalized spacial score (nSPS) is 17.6. The summed E-state index contributed by atoms with van der Waals surface area (Å²) in [6.07, 6.45) is 6.21. The fourth-order valence-electron chi connectivity index (χ4n) is 4.40. The Labute approximate surface area is 169 Å². The number of nitrogens with zero attached hydrogens (tertiary/aromatic N) is 3. The summed E-state index contributed by atoms with van der Waals surface area (Å²) in [5, 5.41) is 12.6. The van der Waals surface area contributed by atoms with Crippen molar-refractivity contribution < 1.29 is 9.53 Å². The van der Waals surface area contributed by atoms with E-state index in [0.717, 1.165) is 29.8 Å². The lowest BCUT2D eigenvalue weighted by Crippen LogP contribution is -2.51. The maximum atomic E-state index is 12.7. The maximum absolute atomic E-state index is 12.7. The molecule has 1 atom stereocenters. The number of hydrogen-bond acceptors (Lipinski definition) is 4. The zero-order valence-electron chi connectivity index (χ0n) is 18.1. The van der Waals surface area contributed by atoms with Crippen LogP contribution in [0.15, 0.2) is 11.6 Å². The van der Waals surface area contributed by atoms with Gasteiger partial charge in [-0.1, -0.05) is 12.8 Å². The van der Waals surface area contributed by atoms with Crippen molar-refractivity contribution in [2.45, 2.75) is 58.0 Å². The van der Waals surface area contributed by atoms with Gasteiger partial charge in [-0.15, -0.1) is 0 Å². The largest absolute Gasteiger partial charge is 0.383 e. The Bertz CT molecular complexity index is 764. The molecule has 154 valence electrons. The molecule has 1 heterocycles. The van der Waals surface area contributed by atoms with E-state index in [0.29, 0.717) is 13.2 Å². The molecule has 6 nitrogen and oxygen atoms in total. The number of amides is 1. The van der Waals surface area contributed by atoms with E-state index >= 15 is 0 Å². The van der Waals surface area contributed by atoms with Gasteiger partial charge in [0.15, 0.2) is 0 Å². The predicted molar refractivity (Wildman–Crippen MR) is 112 cm³/mol. The van der Waals surface area contributed by atoms with Crippen LogP contribution < -0.4 is 5.32 Å². The summed E-state index contributed by atoms with van der Waals surface area (Å²) in [7, 11) is 5.82. The molecule has 1 fully saturated rings. The number of rotatable bonds is 8. The van der Waals surface area contributed by atoms with Crippen molar-refractivity contribution in [3.8, 4) is 6.07 Å². The molecule has 0 aromatic carbocycles. The smallest absolute Gasteiger partial charge is 0.262 e. The van der Waals surface area contributed by atoms with Crippen molar-refractivity contribution in [1.82, 2.24) is 14.8 Å². The SMILES string of the molecule is COCC(C)n1c(C)cc(/C=C(/C#N)C(=O)NCC2(N(C)C)CCCC2)c1C. The van der Waals surface area contributed by atoms with Gasteiger partial charge in [0.25, 0.3) is 5.91 Å². The second-order valence-electron chi connectivity index (χ2n) is 8.18. The molecule has 0 radical (unpaired) electrons. The first kappa shape index (κ1) is 22.2. The Morgan fingerprint density at radius 1 is 1.43 bits per heavy atom. The molecule has 1 unspecified atom stereocenters. The van der Waals surface area contributed by atoms with Crippen LogP contribution in [0.5, 0.6) is 0 Å². The lowest BCUT2D eigenvalue weighted by Gasteiger charge is -2.36. The van der Waals surface area contributed by atoms with Crippen LogP contribution in [-0.2, 0) is 9.53 Å². The Morgan fingerprint density at radius 2 is 2.07 bits per heavy atom. The zero-order chi connectivity index (χ0) is 20.9. The van der Waals surface area contributed by atoms with Crippen LogP contribution in [0, 0.1) is 25.2 Å². The van der Waals surface area contributed by atoms with E-state index in [1.54, 1.807) is 13.2 Å². The molecule has 1 amide bonds. The van der Waals surface area contributed by atoms with E-state index in [2.05, 4.69) is 41.9 Å². The molecule has 6 heteroatoms. The van der Waals surface area contributed by atoms with Gasteiger partial charge in [-0.2, -0.15) is 5.26 Å². The average Bonchev–Trinajstić information content (AvgIpc) is 3.23. The molecule has 0 bridgehead atoms. The number of nitrogens with one attached hydrogen (secondary N) is 1. The van der Waals surface area contributed by atoms with Crippen LogP contribution in [-0.4, -0.2) is 55.3 Å². The Morgan fingerprint density at radius 3 is 2.61 bits per heavy atom. The standard InChI is InChI=1S/C22H34N4O2/c1-16-11-19(18(3)26(16)17(2)14-28-6)12-20(13-23)21(27)24-15-22(25(4)5)9-7-8-10-22/h11-12,17H,7-10,14-15H2,1-6H3,(H,24,27)/b20-12-. The minimum Gasteiger partial charge on any atom is -0.383 e. The van der Waals surface area contributed by atoms with Gasteiger partial charge in [0.1, 0.15) is 11.6 Å². The molecule has 0 aliphatic heterocycles. The molecule has 2 rings (SSSR count). The van der Waals surface area contributed by atoms with E-state index in [9.17, 15) is 10.1 Å². The number of carbonyl (C=O) groups excluding carboxylic acids is 1. The van der Waals surface area contributed by atoms with Crippen LogP contribution >= 0.6 is 0 Å². The first-order valence-electron chi connectivity index (χ1n) is 10.0. The lowest BCUT2D eigenvalue weighted by molar-refractivity contribution is -0.117. The molecule has 0 saturated heterocycles. The molecular weight excluding hydrogens is 352 g/mol. The molecule has 1 aromatic rings. The number of methoxy groups -OCH3 is 1. The van der Waals surface area contributed by atoms with Crippen LogP contribution in [0.4, 0.5) is 0 Å². The summed E-state index contributed by atoms with van der Waals surface area (Å²) in [5.74, 6) is -0.301. The van der Waals surface area contributed by atoms with E-state index in [4.69, 9.17) is 4.74 Å². The molecular formula is C22H34N4O2. The van der Waals surface area contributed by atoms with E-state index in [-0.39, 0.29) is 23.1 Å². The molecule has 1 aromatic heterocycles. The van der Waals surface area contributed by atoms with Crippen molar-refractivity contribution in [3.05, 3.63) is 28.6 Å². The quantitative estimate of drug-likeness (QED) is 0.550. The molecule has 1 N–H and O–H groups in total. The van der Waals surface area contributed by atoms with E-state index in [1.807, 2.05) is 19.9 Å². The van der Waals surface area contributed by atoms with Gasteiger partial charge >= 0.3 is 0 Å². The van der Waals surface area contributed by atoms with Gasteiger partial charge < -0.3 is 19.5 Å². The topological polar surface area (TPSA) is 70.3 Å². The van der Waals surface area contributed by atoms with Crippen molar-refractivity contribution in [2.24, 2.45) is 0 Å². The van der Waals surface area contributed by atoms with Gasteiger partial charge in [-0.05, 0) is 65.4 Å². The third kappa shape index (κ3) is 4.65. The lowest BCUT2D eigenvalue weighted by atomic mass is 9.96. The number of carbonyl (C=O) groups is 1. The number of aromatic nitrogens is 1. The van der Waals surface area contributed by atoms with Crippen LogP contribution in [0.3, 0.4) is 0 Å². The predicted octanol–water partition coefficient (Wildman–Crippen LogP) is 3.21. The molecule has 0 spiro atoms. The molecule has 1 aliphatic carbocycles. The fourth-order valence-corrected chi connectivity index (χ4v) is 4.40. The number of ether oxygens (including phenoxy) is 1. The summed E-state index contributed by atoms with van der Waals surface area (Å²) >= 11 is 0. The van der Waals surface area contributed by atoms with Gasteiger partial charge in [-0.3, -0.25) is 4.79 Å². The average molecular weight is 387 g/mol. The summed E-state index contributed by atoms with van der Waals surface area (Å²) in [5.41, 5.74) is 3.16. The Balaban J connectivity index is 2.18. The number of aryl methyl sites for hydroxylation is 1. The third-order valence-electron chi connectivity index (χ3n) is 6.10. The van der Waals surface area contributed by atoms with Crippen LogP contribution in [0.1, 0.15) is 55.6 Å². The number of nitriles is 1. The third-order valence-corrected chi connectivity index (χ3v) is 6.10. The van der Waals surface area contributed by atoms with Crippen molar-refractivity contribution >= 4 is 12.0 Å². The summed E-state index contributed by atoms with van der Waals surface area (Å²) in [6.45, 7) is 7.32. The van der Waals surface area contributed by atoms with Gasteiger partial charge in [-0.25, -0.2) is 0 Å². The number of hydrogen-bond donors (Lipinski definition) is 1. The second-order valence-corrected chi connectivity index (χ2v) is 8.18.